The Labute approximate surface area is 116 Å². The van der Waals surface area contributed by atoms with Gasteiger partial charge in [-0.3, -0.25) is 4.98 Å². The standard InChI is InChI=1S/C15H16N4O/c1-10-3-2-5-17-14(10)12-9-13(16-7-8-20)19-15-11(12)4-6-18-15/h2-6,9,20H,7-8H2,1H3,(H2,16,18,19). The molecule has 0 saturated carbocycles. The Morgan fingerprint density at radius 2 is 2.25 bits per heavy atom. The molecule has 0 radical (unpaired) electrons. The van der Waals surface area contributed by atoms with Gasteiger partial charge in [0.1, 0.15) is 11.5 Å². The Morgan fingerprint density at radius 1 is 1.35 bits per heavy atom. The summed E-state index contributed by atoms with van der Waals surface area (Å²) in [5.74, 6) is 0.731. The van der Waals surface area contributed by atoms with Crippen molar-refractivity contribution in [2.24, 2.45) is 0 Å². The molecule has 3 aromatic heterocycles. The van der Waals surface area contributed by atoms with Gasteiger partial charge in [-0.2, -0.15) is 0 Å². The smallest absolute Gasteiger partial charge is 0.140 e. The Balaban J connectivity index is 2.17. The van der Waals surface area contributed by atoms with Crippen LogP contribution in [0.4, 0.5) is 5.82 Å². The molecule has 5 heteroatoms. The number of fused-ring (bicyclic) bond motifs is 1. The minimum absolute atomic E-state index is 0.0718. The highest BCUT2D eigenvalue weighted by Gasteiger charge is 2.11. The number of aryl methyl sites for hydroxylation is 1. The molecule has 0 atom stereocenters. The van der Waals surface area contributed by atoms with Gasteiger partial charge in [0.05, 0.1) is 12.3 Å². The number of nitrogens with one attached hydrogen (secondary N) is 2. The van der Waals surface area contributed by atoms with E-state index in [2.05, 4.69) is 20.3 Å². The topological polar surface area (TPSA) is 73.8 Å². The van der Waals surface area contributed by atoms with Gasteiger partial charge in [-0.1, -0.05) is 6.07 Å². The molecule has 102 valence electrons. The average Bonchev–Trinajstić information content (AvgIpc) is 2.93. The van der Waals surface area contributed by atoms with Crippen LogP contribution >= 0.6 is 0 Å². The normalized spacial score (nSPS) is 10.9. The highest BCUT2D eigenvalue weighted by molar-refractivity contribution is 5.94. The van der Waals surface area contributed by atoms with Crippen molar-refractivity contribution in [1.29, 1.82) is 0 Å². The molecule has 0 unspecified atom stereocenters. The predicted octanol–water partition coefficient (Wildman–Crippen LogP) is 2.34. The third-order valence-corrected chi connectivity index (χ3v) is 3.21. The monoisotopic (exact) mass is 268 g/mol. The quantitative estimate of drug-likeness (QED) is 0.679. The van der Waals surface area contributed by atoms with Crippen LogP contribution in [-0.2, 0) is 0 Å². The van der Waals surface area contributed by atoms with Crippen molar-refractivity contribution in [2.75, 3.05) is 18.5 Å². The summed E-state index contributed by atoms with van der Waals surface area (Å²) in [4.78, 5) is 12.1. The summed E-state index contributed by atoms with van der Waals surface area (Å²) in [5.41, 5.74) is 3.92. The first kappa shape index (κ1) is 12.6. The number of rotatable bonds is 4. The van der Waals surface area contributed by atoms with Crippen LogP contribution in [-0.4, -0.2) is 33.2 Å². The van der Waals surface area contributed by atoms with E-state index in [0.29, 0.717) is 6.54 Å². The van der Waals surface area contributed by atoms with Crippen molar-refractivity contribution in [2.45, 2.75) is 6.92 Å². The summed E-state index contributed by atoms with van der Waals surface area (Å²) in [7, 11) is 0. The molecule has 0 amide bonds. The molecular weight excluding hydrogens is 252 g/mol. The van der Waals surface area contributed by atoms with Crippen molar-refractivity contribution in [3.63, 3.8) is 0 Å². The minimum atomic E-state index is 0.0718. The lowest BCUT2D eigenvalue weighted by atomic mass is 10.0. The van der Waals surface area contributed by atoms with Crippen molar-refractivity contribution >= 4 is 16.9 Å². The molecule has 0 aliphatic carbocycles. The number of aliphatic hydroxyl groups is 1. The van der Waals surface area contributed by atoms with E-state index in [9.17, 15) is 0 Å². The number of anilines is 1. The number of nitrogens with zero attached hydrogens (tertiary/aromatic N) is 2. The number of aromatic nitrogens is 3. The van der Waals surface area contributed by atoms with Crippen LogP contribution < -0.4 is 5.32 Å². The second-order valence-corrected chi connectivity index (χ2v) is 4.61. The van der Waals surface area contributed by atoms with Gasteiger partial charge in [0.25, 0.3) is 0 Å². The largest absolute Gasteiger partial charge is 0.395 e. The van der Waals surface area contributed by atoms with Crippen LogP contribution in [0.2, 0.25) is 0 Å². The average molecular weight is 268 g/mol. The Kier molecular flexibility index (Phi) is 3.35. The molecule has 3 N–H and O–H groups in total. The van der Waals surface area contributed by atoms with E-state index in [1.807, 2.05) is 37.4 Å². The molecule has 0 fully saturated rings. The highest BCUT2D eigenvalue weighted by atomic mass is 16.3. The van der Waals surface area contributed by atoms with Gasteiger partial charge in [-0.05, 0) is 30.7 Å². The molecule has 5 nitrogen and oxygen atoms in total. The fourth-order valence-corrected chi connectivity index (χ4v) is 2.28. The summed E-state index contributed by atoms with van der Waals surface area (Å²) in [6, 6.07) is 7.95. The summed E-state index contributed by atoms with van der Waals surface area (Å²) in [6.07, 6.45) is 3.66. The summed E-state index contributed by atoms with van der Waals surface area (Å²) < 4.78 is 0. The molecule has 0 aromatic carbocycles. The maximum atomic E-state index is 8.92. The number of H-pyrrole nitrogens is 1. The Bertz CT molecular complexity index is 736. The van der Waals surface area contributed by atoms with Gasteiger partial charge in [0, 0.05) is 29.9 Å². The van der Waals surface area contributed by atoms with E-state index in [-0.39, 0.29) is 6.61 Å². The number of hydrogen-bond acceptors (Lipinski definition) is 4. The van der Waals surface area contributed by atoms with Crippen LogP contribution in [0.15, 0.2) is 36.7 Å². The van der Waals surface area contributed by atoms with Crippen LogP contribution in [0.1, 0.15) is 5.56 Å². The predicted molar refractivity (Wildman–Crippen MR) is 79.6 cm³/mol. The van der Waals surface area contributed by atoms with E-state index >= 15 is 0 Å². The zero-order valence-corrected chi connectivity index (χ0v) is 11.2. The van der Waals surface area contributed by atoms with E-state index < -0.39 is 0 Å². The molecule has 3 heterocycles. The Morgan fingerprint density at radius 3 is 3.05 bits per heavy atom. The molecule has 0 aliphatic rings. The zero-order valence-electron chi connectivity index (χ0n) is 11.2. The molecule has 0 bridgehead atoms. The second kappa shape index (κ2) is 5.30. The maximum absolute atomic E-state index is 8.92. The summed E-state index contributed by atoms with van der Waals surface area (Å²) >= 11 is 0. The lowest BCUT2D eigenvalue weighted by molar-refractivity contribution is 0.311. The molecule has 0 spiro atoms. The Hall–Kier alpha value is -2.40. The first-order valence-electron chi connectivity index (χ1n) is 6.54. The van der Waals surface area contributed by atoms with Gasteiger partial charge in [0.2, 0.25) is 0 Å². The second-order valence-electron chi connectivity index (χ2n) is 4.61. The molecular formula is C15H16N4O. The summed E-state index contributed by atoms with van der Waals surface area (Å²) in [6.45, 7) is 2.59. The van der Waals surface area contributed by atoms with Gasteiger partial charge in [-0.15, -0.1) is 0 Å². The van der Waals surface area contributed by atoms with E-state index in [1.54, 1.807) is 6.20 Å². The number of aromatic amines is 1. The van der Waals surface area contributed by atoms with Gasteiger partial charge in [0.15, 0.2) is 0 Å². The van der Waals surface area contributed by atoms with Crippen LogP contribution in [0.25, 0.3) is 22.3 Å². The SMILES string of the molecule is Cc1cccnc1-c1cc(NCCO)nc2[nH]ccc12. The van der Waals surface area contributed by atoms with Crippen molar-refractivity contribution < 1.29 is 5.11 Å². The molecule has 0 aliphatic heterocycles. The van der Waals surface area contributed by atoms with Crippen LogP contribution in [0.3, 0.4) is 0 Å². The van der Waals surface area contributed by atoms with E-state index in [1.165, 1.54) is 0 Å². The third kappa shape index (κ3) is 2.23. The maximum Gasteiger partial charge on any atom is 0.140 e. The fraction of sp³-hybridized carbons (Fsp3) is 0.200. The van der Waals surface area contributed by atoms with Crippen molar-refractivity contribution in [3.05, 3.63) is 42.2 Å². The minimum Gasteiger partial charge on any atom is -0.395 e. The number of pyridine rings is 2. The first-order valence-corrected chi connectivity index (χ1v) is 6.54. The van der Waals surface area contributed by atoms with E-state index in [0.717, 1.165) is 33.7 Å². The first-order chi connectivity index (χ1) is 9.79. The number of aliphatic hydroxyl groups excluding tert-OH is 1. The van der Waals surface area contributed by atoms with E-state index in [4.69, 9.17) is 5.11 Å². The molecule has 0 saturated heterocycles. The third-order valence-electron chi connectivity index (χ3n) is 3.21. The zero-order chi connectivity index (χ0) is 13.9. The summed E-state index contributed by atoms with van der Waals surface area (Å²) in [5, 5.41) is 13.1. The molecule has 3 rings (SSSR count). The van der Waals surface area contributed by atoms with Crippen molar-refractivity contribution in [1.82, 2.24) is 15.0 Å². The van der Waals surface area contributed by atoms with Crippen LogP contribution in [0.5, 0.6) is 0 Å². The molecule has 20 heavy (non-hydrogen) atoms. The molecule has 3 aromatic rings. The number of hydrogen-bond donors (Lipinski definition) is 3. The lowest BCUT2D eigenvalue weighted by Gasteiger charge is -2.09. The van der Waals surface area contributed by atoms with Crippen molar-refractivity contribution in [3.8, 4) is 11.3 Å². The van der Waals surface area contributed by atoms with Gasteiger partial charge < -0.3 is 15.4 Å². The van der Waals surface area contributed by atoms with Crippen LogP contribution in [0, 0.1) is 6.92 Å². The highest BCUT2D eigenvalue weighted by Crippen LogP contribution is 2.30. The van der Waals surface area contributed by atoms with Gasteiger partial charge in [-0.25, -0.2) is 4.98 Å². The fourth-order valence-electron chi connectivity index (χ4n) is 2.28. The lowest BCUT2D eigenvalue weighted by Crippen LogP contribution is -2.07. The van der Waals surface area contributed by atoms with Gasteiger partial charge >= 0.3 is 0 Å².